The number of amides is 1. The molecular weight excluding hydrogens is 306 g/mol. The molecule has 0 heterocycles. The quantitative estimate of drug-likeness (QED) is 0.621. The molecule has 0 saturated heterocycles. The van der Waals surface area contributed by atoms with Gasteiger partial charge in [0.15, 0.2) is 0 Å². The van der Waals surface area contributed by atoms with Crippen LogP contribution in [0.25, 0.3) is 11.1 Å². The predicted octanol–water partition coefficient (Wildman–Crippen LogP) is 6.04. The van der Waals surface area contributed by atoms with Gasteiger partial charge in [-0.2, -0.15) is 0 Å². The smallest absolute Gasteiger partial charge is 0.255 e. The molecule has 0 spiro atoms. The fourth-order valence-corrected chi connectivity index (χ4v) is 2.71. The number of hydrogen-bond acceptors (Lipinski definition) is 1. The van der Waals surface area contributed by atoms with Gasteiger partial charge in [0.2, 0.25) is 0 Å². The van der Waals surface area contributed by atoms with Crippen molar-refractivity contribution in [1.82, 2.24) is 0 Å². The molecule has 0 atom stereocenters. The maximum Gasteiger partial charge on any atom is 0.255 e. The SMILES string of the molecule is Cc1ccc(NC(=O)c2ccc(-c3ccc(C(C)C)cc3)cc2)cc1. The fourth-order valence-electron chi connectivity index (χ4n) is 2.71. The lowest BCUT2D eigenvalue weighted by molar-refractivity contribution is 0.102. The van der Waals surface area contributed by atoms with Gasteiger partial charge in [0.25, 0.3) is 5.91 Å². The first kappa shape index (κ1) is 17.0. The van der Waals surface area contributed by atoms with E-state index in [1.807, 2.05) is 55.5 Å². The van der Waals surface area contributed by atoms with Crippen molar-refractivity contribution < 1.29 is 4.79 Å². The molecule has 0 aliphatic rings. The van der Waals surface area contributed by atoms with E-state index < -0.39 is 0 Å². The van der Waals surface area contributed by atoms with Crippen molar-refractivity contribution in [2.75, 3.05) is 5.32 Å². The van der Waals surface area contributed by atoms with Crippen molar-refractivity contribution >= 4 is 11.6 Å². The average Bonchev–Trinajstić information content (AvgIpc) is 2.64. The lowest BCUT2D eigenvalue weighted by atomic mass is 9.98. The number of anilines is 1. The van der Waals surface area contributed by atoms with Crippen molar-refractivity contribution in [1.29, 1.82) is 0 Å². The maximum atomic E-state index is 12.4. The van der Waals surface area contributed by atoms with Gasteiger partial charge in [0.1, 0.15) is 0 Å². The number of carbonyl (C=O) groups is 1. The van der Waals surface area contributed by atoms with Gasteiger partial charge in [-0.1, -0.05) is 67.9 Å². The standard InChI is InChI=1S/C23H23NO/c1-16(2)18-6-8-19(9-7-18)20-10-12-21(13-11-20)23(25)24-22-14-4-17(3)5-15-22/h4-16H,1-3H3,(H,24,25). The van der Waals surface area contributed by atoms with Crippen LogP contribution in [-0.2, 0) is 0 Å². The van der Waals surface area contributed by atoms with E-state index >= 15 is 0 Å². The summed E-state index contributed by atoms with van der Waals surface area (Å²) in [4.78, 5) is 12.4. The molecule has 0 fully saturated rings. The number of rotatable bonds is 4. The van der Waals surface area contributed by atoms with Crippen molar-refractivity contribution in [2.24, 2.45) is 0 Å². The second-order valence-electron chi connectivity index (χ2n) is 6.67. The van der Waals surface area contributed by atoms with Gasteiger partial charge in [-0.05, 0) is 53.8 Å². The molecule has 3 rings (SSSR count). The van der Waals surface area contributed by atoms with Gasteiger partial charge in [0.05, 0.1) is 0 Å². The Bertz CT molecular complexity index is 844. The second kappa shape index (κ2) is 7.35. The van der Waals surface area contributed by atoms with Crippen LogP contribution < -0.4 is 5.32 Å². The topological polar surface area (TPSA) is 29.1 Å². The van der Waals surface area contributed by atoms with Crippen LogP contribution in [0.1, 0.15) is 41.3 Å². The average molecular weight is 329 g/mol. The summed E-state index contributed by atoms with van der Waals surface area (Å²) >= 11 is 0. The van der Waals surface area contributed by atoms with E-state index in [4.69, 9.17) is 0 Å². The highest BCUT2D eigenvalue weighted by Crippen LogP contribution is 2.23. The van der Waals surface area contributed by atoms with Gasteiger partial charge in [-0.15, -0.1) is 0 Å². The zero-order chi connectivity index (χ0) is 17.8. The van der Waals surface area contributed by atoms with Crippen LogP contribution in [0.4, 0.5) is 5.69 Å². The third-order valence-corrected chi connectivity index (χ3v) is 4.37. The summed E-state index contributed by atoms with van der Waals surface area (Å²) in [6.45, 7) is 6.41. The molecule has 0 radical (unpaired) electrons. The van der Waals surface area contributed by atoms with E-state index in [-0.39, 0.29) is 5.91 Å². The zero-order valence-corrected chi connectivity index (χ0v) is 14.9. The minimum atomic E-state index is -0.0921. The normalized spacial score (nSPS) is 10.7. The first-order valence-electron chi connectivity index (χ1n) is 8.61. The van der Waals surface area contributed by atoms with Gasteiger partial charge in [-0.25, -0.2) is 0 Å². The fraction of sp³-hybridized carbons (Fsp3) is 0.174. The maximum absolute atomic E-state index is 12.4. The van der Waals surface area contributed by atoms with E-state index in [0.29, 0.717) is 11.5 Å². The molecule has 3 aromatic carbocycles. The lowest BCUT2D eigenvalue weighted by Crippen LogP contribution is -2.11. The molecule has 126 valence electrons. The van der Waals surface area contributed by atoms with Gasteiger partial charge < -0.3 is 5.32 Å². The third kappa shape index (κ3) is 4.16. The Hall–Kier alpha value is -2.87. The van der Waals surface area contributed by atoms with Crippen LogP contribution in [0.15, 0.2) is 72.8 Å². The summed E-state index contributed by atoms with van der Waals surface area (Å²) in [5, 5.41) is 2.93. The molecule has 2 nitrogen and oxygen atoms in total. The summed E-state index contributed by atoms with van der Waals surface area (Å²) in [5.74, 6) is 0.437. The molecule has 1 amide bonds. The Labute approximate surface area is 149 Å². The molecule has 0 aliphatic heterocycles. The number of carbonyl (C=O) groups excluding carboxylic acids is 1. The van der Waals surface area contributed by atoms with Crippen molar-refractivity contribution in [3.8, 4) is 11.1 Å². The summed E-state index contributed by atoms with van der Waals surface area (Å²) in [6, 6.07) is 24.1. The Kier molecular flexibility index (Phi) is 4.99. The Morgan fingerprint density at radius 2 is 1.28 bits per heavy atom. The minimum absolute atomic E-state index is 0.0921. The zero-order valence-electron chi connectivity index (χ0n) is 14.9. The third-order valence-electron chi connectivity index (χ3n) is 4.37. The van der Waals surface area contributed by atoms with Crippen LogP contribution in [0, 0.1) is 6.92 Å². The van der Waals surface area contributed by atoms with Crippen LogP contribution >= 0.6 is 0 Å². The molecule has 0 aliphatic carbocycles. The number of nitrogens with one attached hydrogen (secondary N) is 1. The minimum Gasteiger partial charge on any atom is -0.322 e. The largest absolute Gasteiger partial charge is 0.322 e. The van der Waals surface area contributed by atoms with Gasteiger partial charge in [0, 0.05) is 11.3 Å². The lowest BCUT2D eigenvalue weighted by Gasteiger charge is -2.09. The van der Waals surface area contributed by atoms with Crippen LogP contribution in [0.5, 0.6) is 0 Å². The molecular formula is C23H23NO. The highest BCUT2D eigenvalue weighted by molar-refractivity contribution is 6.04. The van der Waals surface area contributed by atoms with E-state index in [1.165, 1.54) is 11.1 Å². The Morgan fingerprint density at radius 3 is 1.80 bits per heavy atom. The number of benzene rings is 3. The van der Waals surface area contributed by atoms with Crippen molar-refractivity contribution in [3.63, 3.8) is 0 Å². The Morgan fingerprint density at radius 1 is 0.760 bits per heavy atom. The summed E-state index contributed by atoms with van der Waals surface area (Å²) in [6.07, 6.45) is 0. The Balaban J connectivity index is 1.73. The molecule has 2 heteroatoms. The number of aryl methyl sites for hydroxylation is 1. The van der Waals surface area contributed by atoms with E-state index in [1.54, 1.807) is 0 Å². The van der Waals surface area contributed by atoms with Crippen LogP contribution in [-0.4, -0.2) is 5.91 Å². The molecule has 1 N–H and O–H groups in total. The molecule has 0 aromatic heterocycles. The predicted molar refractivity (Wildman–Crippen MR) is 105 cm³/mol. The van der Waals surface area contributed by atoms with E-state index in [0.717, 1.165) is 16.8 Å². The van der Waals surface area contributed by atoms with Crippen LogP contribution in [0.3, 0.4) is 0 Å². The second-order valence-corrected chi connectivity index (χ2v) is 6.67. The molecule has 0 saturated carbocycles. The van der Waals surface area contributed by atoms with Crippen molar-refractivity contribution in [3.05, 3.63) is 89.5 Å². The number of hydrogen-bond donors (Lipinski definition) is 1. The van der Waals surface area contributed by atoms with E-state index in [2.05, 4.69) is 43.4 Å². The monoisotopic (exact) mass is 329 g/mol. The molecule has 25 heavy (non-hydrogen) atoms. The summed E-state index contributed by atoms with van der Waals surface area (Å²) in [7, 11) is 0. The van der Waals surface area contributed by atoms with Crippen molar-refractivity contribution in [2.45, 2.75) is 26.7 Å². The van der Waals surface area contributed by atoms with Gasteiger partial charge >= 0.3 is 0 Å². The van der Waals surface area contributed by atoms with Crippen LogP contribution in [0.2, 0.25) is 0 Å². The molecule has 0 unspecified atom stereocenters. The van der Waals surface area contributed by atoms with E-state index in [9.17, 15) is 4.79 Å². The highest BCUT2D eigenvalue weighted by Gasteiger charge is 2.07. The molecule has 3 aromatic rings. The van der Waals surface area contributed by atoms with Gasteiger partial charge in [-0.3, -0.25) is 4.79 Å². The molecule has 0 bridgehead atoms. The highest BCUT2D eigenvalue weighted by atomic mass is 16.1. The summed E-state index contributed by atoms with van der Waals surface area (Å²) in [5.41, 5.74) is 6.24. The first-order chi connectivity index (χ1) is 12.0. The summed E-state index contributed by atoms with van der Waals surface area (Å²) < 4.78 is 0. The first-order valence-corrected chi connectivity index (χ1v) is 8.61.